The van der Waals surface area contributed by atoms with Crippen molar-refractivity contribution in [3.63, 3.8) is 0 Å². The van der Waals surface area contributed by atoms with Crippen LogP contribution in [0.5, 0.6) is 0 Å². The molecular weight excluding hydrogens is 434 g/mol. The Bertz CT molecular complexity index is 920. The van der Waals surface area contributed by atoms with Gasteiger partial charge in [-0.25, -0.2) is 4.79 Å². The number of esters is 1. The van der Waals surface area contributed by atoms with E-state index in [1.165, 1.54) is 34.1 Å². The van der Waals surface area contributed by atoms with Crippen LogP contribution in [0.1, 0.15) is 33.9 Å². The minimum atomic E-state index is -1.71. The predicted molar refractivity (Wildman–Crippen MR) is 122 cm³/mol. The third-order valence-corrected chi connectivity index (χ3v) is 9.79. The van der Waals surface area contributed by atoms with E-state index in [9.17, 15) is 9.90 Å². The van der Waals surface area contributed by atoms with Gasteiger partial charge in [0.2, 0.25) is 5.60 Å². The summed E-state index contributed by atoms with van der Waals surface area (Å²) >= 11 is 4.62. The smallest absolute Gasteiger partial charge is 0.349 e. The number of fused-ring (bicyclic) bond motifs is 3. The fourth-order valence-electron chi connectivity index (χ4n) is 4.89. The normalized spacial score (nSPS) is 26.0. The van der Waals surface area contributed by atoms with Gasteiger partial charge in [-0.2, -0.15) is 0 Å². The van der Waals surface area contributed by atoms with Crippen LogP contribution in [0.15, 0.2) is 52.5 Å². The van der Waals surface area contributed by atoms with Crippen molar-refractivity contribution in [2.75, 3.05) is 26.2 Å². The Morgan fingerprint density at radius 1 is 0.967 bits per heavy atom. The van der Waals surface area contributed by atoms with Gasteiger partial charge < -0.3 is 14.3 Å². The lowest BCUT2D eigenvalue weighted by molar-refractivity contribution is -0.944. The van der Waals surface area contributed by atoms with E-state index in [-0.39, 0.29) is 0 Å². The Morgan fingerprint density at radius 2 is 1.53 bits per heavy atom. The van der Waals surface area contributed by atoms with Crippen molar-refractivity contribution in [3.05, 3.63) is 67.2 Å². The topological polar surface area (TPSA) is 46.5 Å². The second-order valence-corrected chi connectivity index (χ2v) is 11.5. The van der Waals surface area contributed by atoms with Crippen LogP contribution in [-0.4, -0.2) is 47.3 Å². The highest BCUT2D eigenvalue weighted by Gasteiger charge is 2.54. The van der Waals surface area contributed by atoms with Gasteiger partial charge in [-0.15, -0.1) is 34.0 Å². The third kappa shape index (κ3) is 3.56. The fourth-order valence-corrected chi connectivity index (χ4v) is 7.30. The van der Waals surface area contributed by atoms with Crippen molar-refractivity contribution in [2.24, 2.45) is 0 Å². The van der Waals surface area contributed by atoms with E-state index in [0.717, 1.165) is 49.8 Å². The van der Waals surface area contributed by atoms with Crippen LogP contribution < -0.4 is 0 Å². The molecule has 3 aliphatic rings. The Labute approximate surface area is 189 Å². The minimum Gasteiger partial charge on any atom is -0.456 e. The number of rotatable bonds is 7. The largest absolute Gasteiger partial charge is 0.456 e. The zero-order chi connectivity index (χ0) is 20.7. The number of carbonyl (C=O) groups excluding carboxylic acids is 1. The molecule has 0 aliphatic carbocycles. The van der Waals surface area contributed by atoms with E-state index in [1.807, 2.05) is 46.4 Å². The number of hydrogen-bond acceptors (Lipinski definition) is 6. The summed E-state index contributed by atoms with van der Waals surface area (Å²) < 4.78 is 7.33. The first kappa shape index (κ1) is 20.4. The van der Waals surface area contributed by atoms with Crippen molar-refractivity contribution in [1.29, 1.82) is 0 Å². The Balaban J connectivity index is 1.30. The lowest BCUT2D eigenvalue weighted by Crippen LogP contribution is -2.66. The van der Waals surface area contributed by atoms with Gasteiger partial charge in [0.1, 0.15) is 5.60 Å². The Kier molecular flexibility index (Phi) is 5.35. The van der Waals surface area contributed by atoms with Gasteiger partial charge in [-0.1, -0.05) is 18.2 Å². The number of aliphatic hydroxyl groups is 1. The maximum Gasteiger partial charge on any atom is 0.349 e. The molecule has 158 valence electrons. The minimum absolute atomic E-state index is 0.428. The molecule has 6 rings (SSSR count). The third-order valence-electron chi connectivity index (χ3n) is 6.90. The summed E-state index contributed by atoms with van der Waals surface area (Å²) in [6.45, 7) is 4.32. The lowest BCUT2D eigenvalue weighted by atomic mass is 9.80. The van der Waals surface area contributed by atoms with Crippen LogP contribution in [0.3, 0.4) is 0 Å². The molecule has 0 unspecified atom stereocenters. The molecule has 0 atom stereocenters. The molecule has 3 fully saturated rings. The quantitative estimate of drug-likeness (QED) is 0.413. The first-order valence-corrected chi connectivity index (χ1v) is 13.1. The summed E-state index contributed by atoms with van der Waals surface area (Å²) in [5.41, 5.74) is -2.14. The Morgan fingerprint density at radius 3 is 2.03 bits per heavy atom. The van der Waals surface area contributed by atoms with Gasteiger partial charge in [-0.3, -0.25) is 0 Å². The van der Waals surface area contributed by atoms with Crippen LogP contribution in [0.4, 0.5) is 0 Å². The molecule has 0 amide bonds. The number of thiophene rings is 3. The lowest BCUT2D eigenvalue weighted by Gasteiger charge is -2.54. The number of carbonyl (C=O) groups is 1. The SMILES string of the molecule is O=C(OC12CC[N+](CCc3cccs3)(CC1)CC2)C(O)(c1cccs1)c1cccs1. The van der Waals surface area contributed by atoms with E-state index in [4.69, 9.17) is 4.74 Å². The summed E-state index contributed by atoms with van der Waals surface area (Å²) in [4.78, 5) is 16.1. The fraction of sp³-hybridized carbons (Fsp3) is 0.435. The summed E-state index contributed by atoms with van der Waals surface area (Å²) in [6.07, 6.45) is 3.78. The molecule has 1 N–H and O–H groups in total. The summed E-state index contributed by atoms with van der Waals surface area (Å²) in [5, 5.41) is 17.5. The van der Waals surface area contributed by atoms with Crippen molar-refractivity contribution >= 4 is 40.0 Å². The maximum atomic E-state index is 13.4. The molecule has 6 heterocycles. The van der Waals surface area contributed by atoms with E-state index in [1.54, 1.807) is 0 Å². The second kappa shape index (κ2) is 7.88. The molecule has 3 aliphatic heterocycles. The number of nitrogens with zero attached hydrogens (tertiary/aromatic N) is 1. The number of piperidine rings is 3. The zero-order valence-corrected chi connectivity index (χ0v) is 19.2. The number of ether oxygens (including phenoxy) is 1. The predicted octanol–water partition coefficient (Wildman–Crippen LogP) is 4.65. The van der Waals surface area contributed by atoms with E-state index in [0.29, 0.717) is 9.75 Å². The average molecular weight is 461 g/mol. The van der Waals surface area contributed by atoms with Crippen molar-refractivity contribution < 1.29 is 19.1 Å². The molecule has 0 spiro atoms. The van der Waals surface area contributed by atoms with Crippen LogP contribution in [0, 0.1) is 0 Å². The van der Waals surface area contributed by atoms with Crippen LogP contribution in [0.2, 0.25) is 0 Å². The molecule has 3 aromatic rings. The molecule has 0 saturated carbocycles. The van der Waals surface area contributed by atoms with Gasteiger partial charge in [-0.05, 0) is 34.3 Å². The van der Waals surface area contributed by atoms with Gasteiger partial charge >= 0.3 is 5.97 Å². The summed E-state index contributed by atoms with van der Waals surface area (Å²) in [7, 11) is 0. The van der Waals surface area contributed by atoms with Crippen molar-refractivity contribution in [1.82, 2.24) is 0 Å². The Hall–Kier alpha value is -1.51. The first-order valence-electron chi connectivity index (χ1n) is 10.5. The highest BCUT2D eigenvalue weighted by molar-refractivity contribution is 7.12. The van der Waals surface area contributed by atoms with Crippen molar-refractivity contribution in [2.45, 2.75) is 36.9 Å². The van der Waals surface area contributed by atoms with Gasteiger partial charge in [0.15, 0.2) is 0 Å². The van der Waals surface area contributed by atoms with Crippen LogP contribution >= 0.6 is 34.0 Å². The van der Waals surface area contributed by atoms with E-state index in [2.05, 4.69) is 17.5 Å². The first-order chi connectivity index (χ1) is 14.5. The molecule has 0 radical (unpaired) electrons. The molecule has 30 heavy (non-hydrogen) atoms. The molecule has 0 aromatic carbocycles. The molecule has 2 bridgehead atoms. The zero-order valence-electron chi connectivity index (χ0n) is 16.8. The van der Waals surface area contributed by atoms with Crippen molar-refractivity contribution in [3.8, 4) is 0 Å². The molecule has 4 nitrogen and oxygen atoms in total. The standard InChI is InChI=1S/C23H26NO3S3/c25-21(23(26,19-5-2-16-29-19)20-6-3-17-30-20)27-22-8-12-24(13-9-22,14-10-22)11-7-18-4-1-15-28-18/h1-6,15-17,26H,7-14H2/q+1. The second-order valence-electron chi connectivity index (χ2n) is 8.55. The molecule has 3 saturated heterocycles. The highest BCUT2D eigenvalue weighted by Crippen LogP contribution is 2.43. The van der Waals surface area contributed by atoms with Gasteiger partial charge in [0.25, 0.3) is 0 Å². The van der Waals surface area contributed by atoms with Crippen LogP contribution in [0.25, 0.3) is 0 Å². The highest BCUT2D eigenvalue weighted by atomic mass is 32.1. The van der Waals surface area contributed by atoms with E-state index < -0.39 is 17.2 Å². The number of hydrogen-bond donors (Lipinski definition) is 1. The maximum absolute atomic E-state index is 13.4. The molecular formula is C23H26NO3S3+. The van der Waals surface area contributed by atoms with Gasteiger partial charge in [0.05, 0.1) is 35.9 Å². The van der Waals surface area contributed by atoms with Crippen LogP contribution in [-0.2, 0) is 21.6 Å². The molecule has 3 aromatic heterocycles. The number of quaternary nitrogens is 1. The van der Waals surface area contributed by atoms with E-state index >= 15 is 0 Å². The summed E-state index contributed by atoms with van der Waals surface area (Å²) in [6, 6.07) is 11.7. The summed E-state index contributed by atoms with van der Waals surface area (Å²) in [5.74, 6) is -0.520. The molecule has 7 heteroatoms. The monoisotopic (exact) mass is 460 g/mol. The van der Waals surface area contributed by atoms with Gasteiger partial charge in [0, 0.05) is 30.6 Å². The average Bonchev–Trinajstić information content (AvgIpc) is 3.56.